The van der Waals surface area contributed by atoms with E-state index in [9.17, 15) is 0 Å². The molecule has 0 heterocycles. The molecule has 1 nitrogen and oxygen atoms in total. The average Bonchev–Trinajstić information content (AvgIpc) is 2.70. The van der Waals surface area contributed by atoms with Crippen LogP contribution in [0.3, 0.4) is 0 Å². The van der Waals surface area contributed by atoms with Gasteiger partial charge in [-0.15, -0.1) is 0 Å². The summed E-state index contributed by atoms with van der Waals surface area (Å²) in [4.78, 5) is 2.54. The topological polar surface area (TPSA) is 3.24 Å². The van der Waals surface area contributed by atoms with Gasteiger partial charge in [0.2, 0.25) is 0 Å². The average molecular weight is 169 g/mol. The van der Waals surface area contributed by atoms with Crippen LogP contribution in [0.2, 0.25) is 0 Å². The molecule has 1 heteroatoms. The molecule has 12 heavy (non-hydrogen) atoms. The first-order chi connectivity index (χ1) is 5.54. The number of nitrogens with zero attached hydrogens (tertiary/aromatic N) is 1. The lowest BCUT2D eigenvalue weighted by atomic mass is 9.97. The summed E-state index contributed by atoms with van der Waals surface area (Å²) in [6.45, 7) is 9.28. The van der Waals surface area contributed by atoms with Crippen LogP contribution in [0.4, 0.5) is 0 Å². The van der Waals surface area contributed by atoms with E-state index in [1.165, 1.54) is 12.8 Å². The van der Waals surface area contributed by atoms with E-state index in [1.807, 2.05) is 0 Å². The minimum absolute atomic E-state index is 0.693. The van der Waals surface area contributed by atoms with E-state index < -0.39 is 0 Å². The van der Waals surface area contributed by atoms with Gasteiger partial charge in [-0.25, -0.2) is 0 Å². The van der Waals surface area contributed by atoms with Gasteiger partial charge in [0, 0.05) is 12.1 Å². The molecule has 1 rings (SSSR count). The van der Waals surface area contributed by atoms with Crippen LogP contribution in [0.1, 0.15) is 40.5 Å². The molecule has 1 aliphatic rings. The fourth-order valence-corrected chi connectivity index (χ4v) is 2.13. The zero-order valence-electron chi connectivity index (χ0n) is 9.17. The van der Waals surface area contributed by atoms with Gasteiger partial charge in [-0.3, -0.25) is 0 Å². The third-order valence-electron chi connectivity index (χ3n) is 3.07. The van der Waals surface area contributed by atoms with Crippen LogP contribution in [0.25, 0.3) is 0 Å². The highest BCUT2D eigenvalue weighted by molar-refractivity contribution is 4.89. The molecule has 0 unspecified atom stereocenters. The second-order valence-electron chi connectivity index (χ2n) is 4.83. The molecule has 0 radical (unpaired) electrons. The summed E-state index contributed by atoms with van der Waals surface area (Å²) in [7, 11) is 2.27. The molecule has 0 saturated heterocycles. The number of hydrogen-bond donors (Lipinski definition) is 0. The largest absolute Gasteiger partial charge is 0.300 e. The van der Waals surface area contributed by atoms with Crippen molar-refractivity contribution in [2.45, 2.75) is 52.6 Å². The molecule has 1 atom stereocenters. The molecular weight excluding hydrogens is 146 g/mol. The highest BCUT2D eigenvalue weighted by Crippen LogP contribution is 2.38. The summed E-state index contributed by atoms with van der Waals surface area (Å²) < 4.78 is 0. The van der Waals surface area contributed by atoms with E-state index in [-0.39, 0.29) is 0 Å². The standard InChI is InChI=1S/C11H23N/c1-8(2)11(10-6-7-10)12(5)9(3)4/h8-11H,6-7H2,1-5H3/t11-/m0/s1. The Morgan fingerprint density at radius 2 is 1.58 bits per heavy atom. The minimum Gasteiger partial charge on any atom is -0.300 e. The van der Waals surface area contributed by atoms with E-state index in [4.69, 9.17) is 0 Å². The Bertz CT molecular complexity index is 134. The van der Waals surface area contributed by atoms with Crippen LogP contribution in [0.5, 0.6) is 0 Å². The van der Waals surface area contributed by atoms with Crippen LogP contribution in [0, 0.1) is 11.8 Å². The Hall–Kier alpha value is -0.0400. The third kappa shape index (κ3) is 2.22. The van der Waals surface area contributed by atoms with E-state index in [0.29, 0.717) is 6.04 Å². The summed E-state index contributed by atoms with van der Waals surface area (Å²) >= 11 is 0. The Morgan fingerprint density at radius 1 is 1.08 bits per heavy atom. The number of rotatable bonds is 4. The van der Waals surface area contributed by atoms with Crippen molar-refractivity contribution in [1.29, 1.82) is 0 Å². The zero-order valence-corrected chi connectivity index (χ0v) is 9.17. The summed E-state index contributed by atoms with van der Waals surface area (Å²) in [5.74, 6) is 1.81. The van der Waals surface area contributed by atoms with Gasteiger partial charge in [-0.05, 0) is 45.6 Å². The van der Waals surface area contributed by atoms with Crippen LogP contribution in [0.15, 0.2) is 0 Å². The maximum atomic E-state index is 2.54. The molecule has 0 N–H and O–H groups in total. The lowest BCUT2D eigenvalue weighted by Crippen LogP contribution is -2.41. The van der Waals surface area contributed by atoms with Crippen LogP contribution in [-0.4, -0.2) is 24.0 Å². The summed E-state index contributed by atoms with van der Waals surface area (Å²) in [6.07, 6.45) is 2.92. The first-order valence-electron chi connectivity index (χ1n) is 5.26. The summed E-state index contributed by atoms with van der Waals surface area (Å²) in [6, 6.07) is 1.52. The Labute approximate surface area is 77.1 Å². The Kier molecular flexibility index (Phi) is 3.16. The van der Waals surface area contributed by atoms with Crippen molar-refractivity contribution in [3.8, 4) is 0 Å². The Balaban J connectivity index is 2.52. The van der Waals surface area contributed by atoms with Crippen molar-refractivity contribution in [3.05, 3.63) is 0 Å². The molecule has 1 saturated carbocycles. The zero-order chi connectivity index (χ0) is 9.30. The van der Waals surface area contributed by atoms with Gasteiger partial charge >= 0.3 is 0 Å². The van der Waals surface area contributed by atoms with Crippen molar-refractivity contribution in [2.75, 3.05) is 7.05 Å². The highest BCUT2D eigenvalue weighted by Gasteiger charge is 2.36. The third-order valence-corrected chi connectivity index (χ3v) is 3.07. The minimum atomic E-state index is 0.693. The van der Waals surface area contributed by atoms with Gasteiger partial charge in [-0.1, -0.05) is 13.8 Å². The van der Waals surface area contributed by atoms with Crippen LogP contribution >= 0.6 is 0 Å². The van der Waals surface area contributed by atoms with E-state index in [2.05, 4.69) is 39.6 Å². The van der Waals surface area contributed by atoms with E-state index in [1.54, 1.807) is 0 Å². The molecule has 72 valence electrons. The van der Waals surface area contributed by atoms with Crippen molar-refractivity contribution in [3.63, 3.8) is 0 Å². The number of hydrogen-bond acceptors (Lipinski definition) is 1. The first-order valence-corrected chi connectivity index (χ1v) is 5.26. The monoisotopic (exact) mass is 169 g/mol. The predicted octanol–water partition coefficient (Wildman–Crippen LogP) is 2.76. The lowest BCUT2D eigenvalue weighted by Gasteiger charge is -2.34. The van der Waals surface area contributed by atoms with Crippen LogP contribution < -0.4 is 0 Å². The van der Waals surface area contributed by atoms with Gasteiger partial charge in [0.25, 0.3) is 0 Å². The summed E-state index contributed by atoms with van der Waals surface area (Å²) in [5.41, 5.74) is 0. The first kappa shape index (κ1) is 10.0. The van der Waals surface area contributed by atoms with E-state index in [0.717, 1.165) is 17.9 Å². The van der Waals surface area contributed by atoms with Crippen LogP contribution in [-0.2, 0) is 0 Å². The van der Waals surface area contributed by atoms with Gasteiger partial charge in [0.15, 0.2) is 0 Å². The maximum Gasteiger partial charge on any atom is 0.0146 e. The molecule has 0 bridgehead atoms. The van der Waals surface area contributed by atoms with Gasteiger partial charge in [0.1, 0.15) is 0 Å². The molecule has 0 aliphatic heterocycles. The van der Waals surface area contributed by atoms with Crippen molar-refractivity contribution < 1.29 is 0 Å². The van der Waals surface area contributed by atoms with Crippen molar-refractivity contribution in [1.82, 2.24) is 4.90 Å². The van der Waals surface area contributed by atoms with Gasteiger partial charge in [-0.2, -0.15) is 0 Å². The molecule has 0 aromatic carbocycles. The SMILES string of the molecule is CC(C)[C@@H](C1CC1)N(C)C(C)C. The molecule has 1 fully saturated rings. The summed E-state index contributed by atoms with van der Waals surface area (Å²) in [5, 5.41) is 0. The molecular formula is C11H23N. The quantitative estimate of drug-likeness (QED) is 0.625. The Morgan fingerprint density at radius 3 is 1.83 bits per heavy atom. The molecule has 1 aliphatic carbocycles. The smallest absolute Gasteiger partial charge is 0.0146 e. The fourth-order valence-electron chi connectivity index (χ4n) is 2.13. The second kappa shape index (κ2) is 3.78. The molecule has 0 amide bonds. The maximum absolute atomic E-state index is 2.54. The van der Waals surface area contributed by atoms with Crippen molar-refractivity contribution >= 4 is 0 Å². The fraction of sp³-hybridized carbons (Fsp3) is 1.00. The highest BCUT2D eigenvalue weighted by atomic mass is 15.2. The normalized spacial score (nSPS) is 21.0. The molecule has 0 aromatic rings. The predicted molar refractivity (Wildman–Crippen MR) is 54.2 cm³/mol. The molecule has 0 spiro atoms. The van der Waals surface area contributed by atoms with E-state index >= 15 is 0 Å². The van der Waals surface area contributed by atoms with Crippen molar-refractivity contribution in [2.24, 2.45) is 11.8 Å². The molecule has 0 aromatic heterocycles. The van der Waals surface area contributed by atoms with Gasteiger partial charge in [0.05, 0.1) is 0 Å². The van der Waals surface area contributed by atoms with Gasteiger partial charge < -0.3 is 4.90 Å². The lowest BCUT2D eigenvalue weighted by molar-refractivity contribution is 0.134. The second-order valence-corrected chi connectivity index (χ2v) is 4.83.